The number of para-hydroxylation sites is 1. The van der Waals surface area contributed by atoms with Crippen molar-refractivity contribution in [2.24, 2.45) is 4.99 Å². The summed E-state index contributed by atoms with van der Waals surface area (Å²) < 4.78 is 23.6. The zero-order valence-corrected chi connectivity index (χ0v) is 25.8. The summed E-state index contributed by atoms with van der Waals surface area (Å²) in [5.41, 5.74) is 2.15. The molecule has 0 saturated carbocycles. The van der Waals surface area contributed by atoms with Gasteiger partial charge in [-0.05, 0) is 43.7 Å². The van der Waals surface area contributed by atoms with Gasteiger partial charge in [0.2, 0.25) is 0 Å². The van der Waals surface area contributed by atoms with E-state index >= 15 is 0 Å². The van der Waals surface area contributed by atoms with Crippen LogP contribution in [0, 0.1) is 0 Å². The largest absolute Gasteiger partial charge is 0.493 e. The number of benzene rings is 3. The van der Waals surface area contributed by atoms with E-state index < -0.39 is 18.0 Å². The molecule has 1 atom stereocenters. The molecule has 0 amide bonds. The van der Waals surface area contributed by atoms with Gasteiger partial charge in [0, 0.05) is 16.1 Å². The Bertz CT molecular complexity index is 1900. The molecule has 1 aliphatic heterocycles. The van der Waals surface area contributed by atoms with Crippen molar-refractivity contribution in [2.45, 2.75) is 19.9 Å². The summed E-state index contributed by atoms with van der Waals surface area (Å²) in [5.74, 6) is -0.454. The molecule has 3 aromatic carbocycles. The average molecular weight is 633 g/mol. The molecule has 44 heavy (non-hydrogen) atoms. The lowest BCUT2D eigenvalue weighted by Crippen LogP contribution is -2.40. The fraction of sp³-hybridized carbons (Fsp3) is 0.212. The summed E-state index contributed by atoms with van der Waals surface area (Å²) >= 11 is 7.37. The van der Waals surface area contributed by atoms with Crippen LogP contribution in [0.5, 0.6) is 11.5 Å². The number of rotatable bonds is 10. The minimum atomic E-state index is -0.843. The number of carbonyl (C=O) groups is 2. The van der Waals surface area contributed by atoms with Crippen LogP contribution >= 0.6 is 22.9 Å². The zero-order valence-electron chi connectivity index (χ0n) is 24.2. The van der Waals surface area contributed by atoms with Crippen LogP contribution in [-0.4, -0.2) is 43.4 Å². The van der Waals surface area contributed by atoms with Gasteiger partial charge >= 0.3 is 11.9 Å². The van der Waals surface area contributed by atoms with Gasteiger partial charge in [-0.25, -0.2) is 14.6 Å². The molecule has 0 spiro atoms. The lowest BCUT2D eigenvalue weighted by Gasteiger charge is -2.26. The molecule has 0 unspecified atom stereocenters. The van der Waals surface area contributed by atoms with Crippen molar-refractivity contribution in [3.05, 3.63) is 120 Å². The van der Waals surface area contributed by atoms with E-state index in [1.165, 1.54) is 23.0 Å². The average Bonchev–Trinajstić information content (AvgIpc) is 3.34. The fourth-order valence-corrected chi connectivity index (χ4v) is 5.96. The first-order valence-electron chi connectivity index (χ1n) is 13.9. The standard InChI is InChI=1S/C33H29ClN2O7S/c1-4-41-26(37)19-43-30-22(12-9-13-24(30)40-3)18-25-31(38)36-29(21-14-16-23(34)17-15-21)27(32(39)42-5-2)28(35-33(36)44-25)20-10-7-6-8-11-20/h6-18,29H,4-5,19H2,1-3H3/b25-18-/t29-/m1/s1. The monoisotopic (exact) mass is 632 g/mol. The molecule has 5 rings (SSSR count). The van der Waals surface area contributed by atoms with Gasteiger partial charge in [0.05, 0.1) is 42.2 Å². The van der Waals surface area contributed by atoms with Gasteiger partial charge in [-0.15, -0.1) is 0 Å². The van der Waals surface area contributed by atoms with Gasteiger partial charge in [-0.2, -0.15) is 0 Å². The van der Waals surface area contributed by atoms with Crippen LogP contribution in [0.2, 0.25) is 5.02 Å². The van der Waals surface area contributed by atoms with Crippen molar-refractivity contribution < 1.29 is 28.5 Å². The van der Waals surface area contributed by atoms with Gasteiger partial charge in [0.15, 0.2) is 22.9 Å². The van der Waals surface area contributed by atoms with E-state index in [4.69, 9.17) is 35.5 Å². The number of hydrogen-bond acceptors (Lipinski definition) is 9. The third-order valence-corrected chi connectivity index (χ3v) is 7.95. The highest BCUT2D eigenvalue weighted by Gasteiger charge is 2.35. The van der Waals surface area contributed by atoms with Crippen LogP contribution in [-0.2, 0) is 19.1 Å². The number of aromatic nitrogens is 1. The highest BCUT2D eigenvalue weighted by Crippen LogP contribution is 2.36. The molecule has 0 saturated heterocycles. The third-order valence-electron chi connectivity index (χ3n) is 6.71. The summed E-state index contributed by atoms with van der Waals surface area (Å²) in [6.07, 6.45) is 1.65. The van der Waals surface area contributed by atoms with Crippen molar-refractivity contribution in [1.29, 1.82) is 0 Å². The van der Waals surface area contributed by atoms with Crippen LogP contribution < -0.4 is 24.4 Å². The number of carbonyl (C=O) groups excluding carboxylic acids is 2. The van der Waals surface area contributed by atoms with Gasteiger partial charge in [-0.3, -0.25) is 9.36 Å². The molecule has 0 fully saturated rings. The molecule has 1 aliphatic rings. The fourth-order valence-electron chi connectivity index (χ4n) is 4.84. The molecule has 0 N–H and O–H groups in total. The molecular formula is C33H29ClN2O7S. The molecule has 0 aliphatic carbocycles. The third kappa shape index (κ3) is 6.31. The number of hydrogen-bond donors (Lipinski definition) is 0. The zero-order chi connectivity index (χ0) is 31.2. The molecule has 2 heterocycles. The molecule has 0 bridgehead atoms. The van der Waals surface area contributed by atoms with E-state index in [1.54, 1.807) is 62.4 Å². The number of ether oxygens (including phenoxy) is 4. The summed E-state index contributed by atoms with van der Waals surface area (Å²) in [7, 11) is 1.48. The van der Waals surface area contributed by atoms with Gasteiger partial charge in [0.25, 0.3) is 5.56 Å². The second-order valence-electron chi connectivity index (χ2n) is 9.46. The van der Waals surface area contributed by atoms with Crippen molar-refractivity contribution in [2.75, 3.05) is 26.9 Å². The van der Waals surface area contributed by atoms with Crippen LogP contribution in [0.4, 0.5) is 0 Å². The molecule has 9 nitrogen and oxygen atoms in total. The Morgan fingerprint density at radius 3 is 2.39 bits per heavy atom. The quantitative estimate of drug-likeness (QED) is 0.236. The van der Waals surface area contributed by atoms with E-state index in [-0.39, 0.29) is 36.7 Å². The molecule has 4 aromatic rings. The predicted octanol–water partition coefficient (Wildman–Crippen LogP) is 4.54. The summed E-state index contributed by atoms with van der Waals surface area (Å²) in [4.78, 5) is 45.1. The minimum Gasteiger partial charge on any atom is -0.493 e. The van der Waals surface area contributed by atoms with E-state index in [9.17, 15) is 14.4 Å². The van der Waals surface area contributed by atoms with Gasteiger partial charge in [0.1, 0.15) is 0 Å². The number of thiazole rings is 1. The van der Waals surface area contributed by atoms with Crippen LogP contribution in [0.3, 0.4) is 0 Å². The van der Waals surface area contributed by atoms with E-state index in [0.29, 0.717) is 42.5 Å². The Morgan fingerprint density at radius 2 is 1.70 bits per heavy atom. The first-order valence-corrected chi connectivity index (χ1v) is 15.0. The molecular weight excluding hydrogens is 604 g/mol. The second-order valence-corrected chi connectivity index (χ2v) is 10.9. The number of fused-ring (bicyclic) bond motifs is 1. The van der Waals surface area contributed by atoms with Gasteiger partial charge < -0.3 is 18.9 Å². The lowest BCUT2D eigenvalue weighted by atomic mass is 9.93. The maximum Gasteiger partial charge on any atom is 0.344 e. The maximum atomic E-state index is 14.2. The second kappa shape index (κ2) is 13.7. The van der Waals surface area contributed by atoms with E-state index in [2.05, 4.69) is 0 Å². The summed E-state index contributed by atoms with van der Waals surface area (Å²) in [5, 5.41) is 0.513. The van der Waals surface area contributed by atoms with Crippen LogP contribution in [0.1, 0.15) is 36.6 Å². The van der Waals surface area contributed by atoms with Crippen molar-refractivity contribution in [3.8, 4) is 11.5 Å². The van der Waals surface area contributed by atoms with Crippen LogP contribution in [0.25, 0.3) is 11.8 Å². The van der Waals surface area contributed by atoms with Crippen molar-refractivity contribution in [1.82, 2.24) is 4.57 Å². The summed E-state index contributed by atoms with van der Waals surface area (Å²) in [6, 6.07) is 20.6. The smallest absolute Gasteiger partial charge is 0.344 e. The first kappa shape index (κ1) is 30.8. The van der Waals surface area contributed by atoms with Crippen molar-refractivity contribution >= 4 is 46.6 Å². The number of nitrogens with zero attached hydrogens (tertiary/aromatic N) is 2. The predicted molar refractivity (Wildman–Crippen MR) is 168 cm³/mol. The lowest BCUT2D eigenvalue weighted by molar-refractivity contribution is -0.145. The highest BCUT2D eigenvalue weighted by atomic mass is 35.5. The molecule has 0 radical (unpaired) electrons. The number of halogens is 1. The first-order chi connectivity index (χ1) is 21.4. The van der Waals surface area contributed by atoms with E-state index in [1.807, 2.05) is 30.3 Å². The topological polar surface area (TPSA) is 105 Å². The summed E-state index contributed by atoms with van der Waals surface area (Å²) in [6.45, 7) is 3.46. The number of esters is 2. The maximum absolute atomic E-state index is 14.2. The minimum absolute atomic E-state index is 0.145. The molecule has 11 heteroatoms. The van der Waals surface area contributed by atoms with E-state index in [0.717, 1.165) is 0 Å². The van der Waals surface area contributed by atoms with Crippen molar-refractivity contribution in [3.63, 3.8) is 0 Å². The molecule has 1 aromatic heterocycles. The Balaban J connectivity index is 1.75. The highest BCUT2D eigenvalue weighted by molar-refractivity contribution is 7.07. The molecule has 226 valence electrons. The Kier molecular flexibility index (Phi) is 9.62. The Hall–Kier alpha value is -4.67. The number of methoxy groups -OCH3 is 1. The Labute approximate surface area is 262 Å². The van der Waals surface area contributed by atoms with Crippen LogP contribution in [0.15, 0.2) is 88.2 Å². The Morgan fingerprint density at radius 1 is 0.977 bits per heavy atom. The van der Waals surface area contributed by atoms with Gasteiger partial charge in [-0.1, -0.05) is 77.5 Å². The SMILES string of the molecule is CCOC(=O)COc1c(/C=c2\sc3n(c2=O)[C@H](c2ccc(Cl)cc2)C(C(=O)OCC)=C(c2ccccc2)N=3)cccc1OC. The normalized spacial score (nSPS) is 14.5.